The van der Waals surface area contributed by atoms with Crippen molar-refractivity contribution in [2.45, 2.75) is 13.8 Å². The van der Waals surface area contributed by atoms with Gasteiger partial charge in [0.25, 0.3) is 0 Å². The number of benzene rings is 2. The minimum atomic E-state index is -0.358. The molecule has 0 unspecified atom stereocenters. The van der Waals surface area contributed by atoms with Crippen molar-refractivity contribution in [3.63, 3.8) is 0 Å². The van der Waals surface area contributed by atoms with Gasteiger partial charge in [-0.3, -0.25) is 9.59 Å². The summed E-state index contributed by atoms with van der Waals surface area (Å²) in [5.41, 5.74) is 2.42. The van der Waals surface area contributed by atoms with Crippen molar-refractivity contribution in [1.82, 2.24) is 5.32 Å². The molecule has 0 heterocycles. The Bertz CT molecular complexity index is 801. The van der Waals surface area contributed by atoms with Crippen molar-refractivity contribution in [2.24, 2.45) is 0 Å². The predicted octanol–water partition coefficient (Wildman–Crippen LogP) is 3.82. The van der Waals surface area contributed by atoms with Crippen LogP contribution in [0.1, 0.15) is 18.1 Å². The van der Waals surface area contributed by atoms with Gasteiger partial charge in [-0.25, -0.2) is 0 Å². The number of rotatable bonds is 7. The Morgan fingerprint density at radius 3 is 2.54 bits per heavy atom. The summed E-state index contributed by atoms with van der Waals surface area (Å²) in [6.45, 7) is 4.27. The monoisotopic (exact) mass is 372 g/mol. The molecule has 26 heavy (non-hydrogen) atoms. The Morgan fingerprint density at radius 1 is 1.15 bits per heavy atom. The first-order chi connectivity index (χ1) is 12.5. The molecule has 5 nitrogen and oxygen atoms in total. The average Bonchev–Trinajstić information content (AvgIpc) is 2.63. The van der Waals surface area contributed by atoms with E-state index in [0.29, 0.717) is 17.3 Å². The Morgan fingerprint density at radius 2 is 1.88 bits per heavy atom. The normalized spacial score (nSPS) is 10.6. The largest absolute Gasteiger partial charge is 0.494 e. The number of anilines is 1. The number of hydrogen-bond acceptors (Lipinski definition) is 3. The van der Waals surface area contributed by atoms with Crippen LogP contribution in [0, 0.1) is 6.92 Å². The van der Waals surface area contributed by atoms with Crippen LogP contribution in [0.3, 0.4) is 0 Å². The molecule has 0 bridgehead atoms. The zero-order valence-corrected chi connectivity index (χ0v) is 15.5. The van der Waals surface area contributed by atoms with Crippen LogP contribution in [0.5, 0.6) is 5.75 Å². The molecule has 0 atom stereocenters. The fourth-order valence-corrected chi connectivity index (χ4v) is 2.31. The maximum atomic E-state index is 11.9. The lowest BCUT2D eigenvalue weighted by Gasteiger charge is -2.07. The first-order valence-electron chi connectivity index (χ1n) is 8.22. The molecule has 0 aromatic heterocycles. The second-order valence-electron chi connectivity index (χ2n) is 5.57. The second-order valence-corrected chi connectivity index (χ2v) is 5.97. The molecule has 0 spiro atoms. The third-order valence-corrected chi connectivity index (χ3v) is 3.90. The van der Waals surface area contributed by atoms with E-state index in [1.807, 2.05) is 26.0 Å². The quantitative estimate of drug-likeness (QED) is 0.726. The first-order valence-corrected chi connectivity index (χ1v) is 8.60. The average molecular weight is 373 g/mol. The van der Waals surface area contributed by atoms with E-state index in [-0.39, 0.29) is 18.4 Å². The van der Waals surface area contributed by atoms with E-state index >= 15 is 0 Å². The highest BCUT2D eigenvalue weighted by Crippen LogP contribution is 2.17. The van der Waals surface area contributed by atoms with Gasteiger partial charge in [-0.05, 0) is 61.4 Å². The Hall–Kier alpha value is -2.79. The van der Waals surface area contributed by atoms with Crippen LogP contribution in [0.25, 0.3) is 6.08 Å². The van der Waals surface area contributed by atoms with Crippen molar-refractivity contribution in [3.8, 4) is 5.75 Å². The van der Waals surface area contributed by atoms with E-state index in [2.05, 4.69) is 10.6 Å². The lowest BCUT2D eigenvalue weighted by atomic mass is 10.1. The van der Waals surface area contributed by atoms with E-state index in [0.717, 1.165) is 16.9 Å². The van der Waals surface area contributed by atoms with Crippen molar-refractivity contribution in [1.29, 1.82) is 0 Å². The fourth-order valence-electron chi connectivity index (χ4n) is 2.12. The van der Waals surface area contributed by atoms with Gasteiger partial charge in [-0.15, -0.1) is 0 Å². The third kappa shape index (κ3) is 6.26. The van der Waals surface area contributed by atoms with Gasteiger partial charge in [-0.1, -0.05) is 23.7 Å². The summed E-state index contributed by atoms with van der Waals surface area (Å²) in [6.07, 6.45) is 3.01. The molecule has 0 saturated heterocycles. The molecule has 2 aromatic rings. The highest BCUT2D eigenvalue weighted by atomic mass is 35.5. The van der Waals surface area contributed by atoms with Gasteiger partial charge in [0.15, 0.2) is 0 Å². The molecule has 2 N–H and O–H groups in total. The van der Waals surface area contributed by atoms with Crippen LogP contribution in [0.4, 0.5) is 5.69 Å². The smallest absolute Gasteiger partial charge is 0.244 e. The number of nitrogens with one attached hydrogen (secondary N) is 2. The van der Waals surface area contributed by atoms with Crippen molar-refractivity contribution in [2.75, 3.05) is 18.5 Å². The lowest BCUT2D eigenvalue weighted by Crippen LogP contribution is -2.31. The maximum Gasteiger partial charge on any atom is 0.244 e. The fraction of sp³-hybridized carbons (Fsp3) is 0.200. The van der Waals surface area contributed by atoms with E-state index in [4.69, 9.17) is 16.3 Å². The molecule has 6 heteroatoms. The molecule has 2 aromatic carbocycles. The highest BCUT2D eigenvalue weighted by molar-refractivity contribution is 6.31. The minimum absolute atomic E-state index is 0.120. The molecular weight excluding hydrogens is 352 g/mol. The van der Waals surface area contributed by atoms with Gasteiger partial charge in [0.2, 0.25) is 11.8 Å². The Balaban J connectivity index is 1.79. The lowest BCUT2D eigenvalue weighted by molar-refractivity contribution is -0.121. The summed E-state index contributed by atoms with van der Waals surface area (Å²) in [4.78, 5) is 23.7. The van der Waals surface area contributed by atoms with E-state index < -0.39 is 0 Å². The van der Waals surface area contributed by atoms with E-state index in [1.54, 1.807) is 36.4 Å². The maximum absolute atomic E-state index is 11.9. The number of halogens is 1. The number of carbonyl (C=O) groups is 2. The summed E-state index contributed by atoms with van der Waals surface area (Å²) in [7, 11) is 0. The topological polar surface area (TPSA) is 67.4 Å². The SMILES string of the molecule is CCOc1ccc(NC(=O)CNC(=O)/C=C/c2ccc(C)c(Cl)c2)cc1. The molecule has 2 amide bonds. The van der Waals surface area contributed by atoms with Gasteiger partial charge in [-0.2, -0.15) is 0 Å². The first kappa shape index (κ1) is 19.5. The van der Waals surface area contributed by atoms with Crippen molar-refractivity contribution < 1.29 is 14.3 Å². The van der Waals surface area contributed by atoms with E-state index in [9.17, 15) is 9.59 Å². The minimum Gasteiger partial charge on any atom is -0.494 e. The van der Waals surface area contributed by atoms with Crippen LogP contribution in [-0.2, 0) is 9.59 Å². The van der Waals surface area contributed by atoms with Crippen LogP contribution in [-0.4, -0.2) is 25.0 Å². The van der Waals surface area contributed by atoms with Gasteiger partial charge in [0.1, 0.15) is 5.75 Å². The molecule has 0 aliphatic rings. The summed E-state index contributed by atoms with van der Waals surface area (Å²) in [5.74, 6) is 0.0676. The number of hydrogen-bond donors (Lipinski definition) is 2. The Labute approximate surface area is 158 Å². The highest BCUT2D eigenvalue weighted by Gasteiger charge is 2.04. The van der Waals surface area contributed by atoms with Gasteiger partial charge < -0.3 is 15.4 Å². The third-order valence-electron chi connectivity index (χ3n) is 3.50. The van der Waals surface area contributed by atoms with Gasteiger partial charge in [0.05, 0.1) is 13.2 Å². The van der Waals surface area contributed by atoms with Gasteiger partial charge >= 0.3 is 0 Å². The molecular formula is C20H21ClN2O3. The Kier molecular flexibility index (Phi) is 7.24. The number of carbonyl (C=O) groups excluding carboxylic acids is 2. The molecule has 0 saturated carbocycles. The number of amides is 2. The second kappa shape index (κ2) is 9.63. The van der Waals surface area contributed by atoms with Crippen molar-refractivity contribution >= 4 is 35.2 Å². The zero-order valence-electron chi connectivity index (χ0n) is 14.7. The molecule has 0 aliphatic carbocycles. The molecule has 136 valence electrons. The molecule has 0 fully saturated rings. The van der Waals surface area contributed by atoms with Crippen LogP contribution < -0.4 is 15.4 Å². The summed E-state index contributed by atoms with van der Waals surface area (Å²) < 4.78 is 5.34. The number of ether oxygens (including phenoxy) is 1. The number of aryl methyl sites for hydroxylation is 1. The van der Waals surface area contributed by atoms with E-state index in [1.165, 1.54) is 6.08 Å². The van der Waals surface area contributed by atoms with Gasteiger partial charge in [0, 0.05) is 16.8 Å². The zero-order chi connectivity index (χ0) is 18.9. The molecule has 0 radical (unpaired) electrons. The van der Waals surface area contributed by atoms with Crippen LogP contribution in [0.2, 0.25) is 5.02 Å². The predicted molar refractivity (Wildman–Crippen MR) is 104 cm³/mol. The summed E-state index contributed by atoms with van der Waals surface area (Å²) in [5, 5.41) is 5.88. The van der Waals surface area contributed by atoms with Crippen molar-refractivity contribution in [3.05, 3.63) is 64.7 Å². The van der Waals surface area contributed by atoms with Crippen LogP contribution in [0.15, 0.2) is 48.5 Å². The van der Waals surface area contributed by atoms with Crippen LogP contribution >= 0.6 is 11.6 Å². The molecule has 0 aliphatic heterocycles. The standard InChI is InChI=1S/C20H21ClN2O3/c1-3-26-17-9-7-16(8-10-17)23-20(25)13-22-19(24)11-6-15-5-4-14(2)18(21)12-15/h4-12H,3,13H2,1-2H3,(H,22,24)(H,23,25)/b11-6+. The summed E-state index contributed by atoms with van der Waals surface area (Å²) >= 11 is 6.04. The molecule has 2 rings (SSSR count). The summed E-state index contributed by atoms with van der Waals surface area (Å²) in [6, 6.07) is 12.5.